The van der Waals surface area contributed by atoms with E-state index in [-0.39, 0.29) is 10.9 Å². The first-order chi connectivity index (χ1) is 9.84. The van der Waals surface area contributed by atoms with Crippen LogP contribution in [0.2, 0.25) is 0 Å². The van der Waals surface area contributed by atoms with E-state index in [1.807, 2.05) is 20.1 Å². The zero-order valence-corrected chi connectivity index (χ0v) is 16.0. The first kappa shape index (κ1) is 18.7. The van der Waals surface area contributed by atoms with Gasteiger partial charge in [-0.1, -0.05) is 0 Å². The molecule has 1 heterocycles. The average Bonchev–Trinajstić information content (AvgIpc) is 2.45. The van der Waals surface area contributed by atoms with Gasteiger partial charge in [-0.15, -0.1) is 0 Å². The molecule has 120 valence electrons. The van der Waals surface area contributed by atoms with Crippen molar-refractivity contribution in [3.8, 4) is 0 Å². The molecular formula is C13H22BrN3O2S2. The maximum absolute atomic E-state index is 12.8. The molecule has 1 aromatic heterocycles. The van der Waals surface area contributed by atoms with Crippen molar-refractivity contribution in [2.75, 3.05) is 30.9 Å². The number of nitrogens with zero attached hydrogens (tertiary/aromatic N) is 2. The van der Waals surface area contributed by atoms with Crippen molar-refractivity contribution in [1.29, 1.82) is 0 Å². The lowest BCUT2D eigenvalue weighted by molar-refractivity contribution is 0.382. The monoisotopic (exact) mass is 395 g/mol. The van der Waals surface area contributed by atoms with E-state index < -0.39 is 10.0 Å². The number of pyridine rings is 1. The lowest BCUT2D eigenvalue weighted by Crippen LogP contribution is -2.36. The number of anilines is 1. The highest BCUT2D eigenvalue weighted by atomic mass is 79.9. The van der Waals surface area contributed by atoms with Gasteiger partial charge < -0.3 is 5.32 Å². The first-order valence-electron chi connectivity index (χ1n) is 6.71. The zero-order valence-electron chi connectivity index (χ0n) is 12.8. The Kier molecular flexibility index (Phi) is 7.46. The summed E-state index contributed by atoms with van der Waals surface area (Å²) in [6, 6.07) is 1.54. The number of aromatic nitrogens is 1. The van der Waals surface area contributed by atoms with Crippen molar-refractivity contribution in [2.24, 2.45) is 0 Å². The molecule has 1 atom stereocenters. The van der Waals surface area contributed by atoms with Crippen molar-refractivity contribution < 1.29 is 8.42 Å². The molecule has 1 N–H and O–H groups in total. The molecule has 0 aromatic carbocycles. The quantitative estimate of drug-likeness (QED) is 0.732. The fourth-order valence-corrected chi connectivity index (χ4v) is 4.37. The van der Waals surface area contributed by atoms with Crippen LogP contribution < -0.4 is 5.32 Å². The fourth-order valence-electron chi connectivity index (χ4n) is 1.78. The highest BCUT2D eigenvalue weighted by Crippen LogP contribution is 2.27. The van der Waals surface area contributed by atoms with Crippen molar-refractivity contribution in [3.05, 3.63) is 16.7 Å². The van der Waals surface area contributed by atoms with Crippen LogP contribution in [0.25, 0.3) is 0 Å². The van der Waals surface area contributed by atoms with E-state index in [1.165, 1.54) is 4.31 Å². The third-order valence-electron chi connectivity index (χ3n) is 3.18. The normalized spacial score (nSPS) is 13.4. The third kappa shape index (κ3) is 4.84. The molecule has 1 rings (SSSR count). The molecule has 0 saturated carbocycles. The summed E-state index contributed by atoms with van der Waals surface area (Å²) in [4.78, 5) is 4.38. The van der Waals surface area contributed by atoms with Gasteiger partial charge in [0, 0.05) is 30.3 Å². The summed E-state index contributed by atoms with van der Waals surface area (Å²) in [5, 5.41) is 3.00. The smallest absolute Gasteiger partial charge is 0.246 e. The van der Waals surface area contributed by atoms with Gasteiger partial charge in [0.15, 0.2) is 0 Å². The van der Waals surface area contributed by atoms with E-state index in [9.17, 15) is 8.42 Å². The van der Waals surface area contributed by atoms with Gasteiger partial charge in [-0.2, -0.15) is 16.1 Å². The molecule has 0 fully saturated rings. The standard InChI is InChI=1S/C13H22BrN3O2S2/c1-5-15-13-12(8-11(14)9-16-13)21(18,19)17(3)10(2)6-7-20-4/h8-10H,5-7H2,1-4H3,(H,15,16). The van der Waals surface area contributed by atoms with E-state index in [1.54, 1.807) is 31.1 Å². The summed E-state index contributed by atoms with van der Waals surface area (Å²) in [6.45, 7) is 4.44. The van der Waals surface area contributed by atoms with Crippen molar-refractivity contribution in [1.82, 2.24) is 9.29 Å². The number of sulfonamides is 1. The second kappa shape index (κ2) is 8.36. The van der Waals surface area contributed by atoms with Crippen molar-refractivity contribution in [3.63, 3.8) is 0 Å². The lowest BCUT2D eigenvalue weighted by Gasteiger charge is -2.25. The van der Waals surface area contributed by atoms with Crippen LogP contribution >= 0.6 is 27.7 Å². The molecule has 0 radical (unpaired) electrons. The number of thioether (sulfide) groups is 1. The van der Waals surface area contributed by atoms with E-state index in [0.29, 0.717) is 16.8 Å². The molecule has 0 aliphatic heterocycles. The summed E-state index contributed by atoms with van der Waals surface area (Å²) in [5.41, 5.74) is 0. The van der Waals surface area contributed by atoms with Crippen LogP contribution in [-0.2, 0) is 10.0 Å². The Bertz CT molecular complexity index is 567. The second-order valence-electron chi connectivity index (χ2n) is 4.68. The third-order valence-corrected chi connectivity index (χ3v) is 6.24. The summed E-state index contributed by atoms with van der Waals surface area (Å²) in [7, 11) is -1.95. The maximum Gasteiger partial charge on any atom is 0.246 e. The van der Waals surface area contributed by atoms with Gasteiger partial charge in [-0.3, -0.25) is 0 Å². The molecule has 8 heteroatoms. The van der Waals surface area contributed by atoms with Gasteiger partial charge in [0.05, 0.1) is 0 Å². The minimum atomic E-state index is -3.57. The fraction of sp³-hybridized carbons (Fsp3) is 0.615. The highest BCUT2D eigenvalue weighted by molar-refractivity contribution is 9.10. The van der Waals surface area contributed by atoms with E-state index in [2.05, 4.69) is 26.2 Å². The van der Waals surface area contributed by atoms with Gasteiger partial charge in [0.2, 0.25) is 10.0 Å². The van der Waals surface area contributed by atoms with Gasteiger partial charge >= 0.3 is 0 Å². The Morgan fingerprint density at radius 2 is 2.19 bits per heavy atom. The van der Waals surface area contributed by atoms with Crippen molar-refractivity contribution >= 4 is 43.5 Å². The first-order valence-corrected chi connectivity index (χ1v) is 10.3. The number of hydrogen-bond acceptors (Lipinski definition) is 5. The van der Waals surface area contributed by atoms with Gasteiger partial charge in [-0.25, -0.2) is 13.4 Å². The van der Waals surface area contributed by atoms with E-state index in [0.717, 1.165) is 12.2 Å². The molecule has 0 bridgehead atoms. The molecule has 0 aliphatic carbocycles. The molecule has 1 aromatic rings. The molecule has 0 saturated heterocycles. The molecular weight excluding hydrogens is 374 g/mol. The number of nitrogens with one attached hydrogen (secondary N) is 1. The zero-order chi connectivity index (χ0) is 16.0. The molecule has 5 nitrogen and oxygen atoms in total. The van der Waals surface area contributed by atoms with Crippen LogP contribution in [0.4, 0.5) is 5.82 Å². The van der Waals surface area contributed by atoms with Crippen molar-refractivity contribution in [2.45, 2.75) is 31.2 Å². The Balaban J connectivity index is 3.14. The second-order valence-corrected chi connectivity index (χ2v) is 8.55. The van der Waals surface area contributed by atoms with E-state index >= 15 is 0 Å². The summed E-state index contributed by atoms with van der Waals surface area (Å²) in [6.07, 6.45) is 4.42. The summed E-state index contributed by atoms with van der Waals surface area (Å²) < 4.78 is 27.7. The number of rotatable bonds is 8. The minimum absolute atomic E-state index is 0.0593. The number of halogens is 1. The van der Waals surface area contributed by atoms with Gasteiger partial charge in [0.1, 0.15) is 10.7 Å². The maximum atomic E-state index is 12.8. The van der Waals surface area contributed by atoms with Gasteiger partial charge in [-0.05, 0) is 54.3 Å². The Hall–Kier alpha value is -0.310. The Labute approximate surface area is 140 Å². The molecule has 21 heavy (non-hydrogen) atoms. The van der Waals surface area contributed by atoms with Crippen LogP contribution in [0.15, 0.2) is 21.6 Å². The Morgan fingerprint density at radius 1 is 1.52 bits per heavy atom. The van der Waals surface area contributed by atoms with Gasteiger partial charge in [0.25, 0.3) is 0 Å². The predicted molar refractivity (Wildman–Crippen MR) is 93.5 cm³/mol. The summed E-state index contributed by atoms with van der Waals surface area (Å²) >= 11 is 5.01. The van der Waals surface area contributed by atoms with Crippen LogP contribution in [0.5, 0.6) is 0 Å². The minimum Gasteiger partial charge on any atom is -0.369 e. The molecule has 0 aliphatic rings. The van der Waals surface area contributed by atoms with Crippen LogP contribution in [-0.4, -0.2) is 49.3 Å². The largest absolute Gasteiger partial charge is 0.369 e. The average molecular weight is 396 g/mol. The van der Waals surface area contributed by atoms with Crippen LogP contribution in [0.1, 0.15) is 20.3 Å². The van der Waals surface area contributed by atoms with Crippen LogP contribution in [0.3, 0.4) is 0 Å². The SMILES string of the molecule is CCNc1ncc(Br)cc1S(=O)(=O)N(C)C(C)CCSC. The summed E-state index contributed by atoms with van der Waals surface area (Å²) in [5.74, 6) is 1.32. The molecule has 0 spiro atoms. The highest BCUT2D eigenvalue weighted by Gasteiger charge is 2.28. The number of hydrogen-bond donors (Lipinski definition) is 1. The Morgan fingerprint density at radius 3 is 2.76 bits per heavy atom. The lowest BCUT2D eigenvalue weighted by atomic mass is 10.3. The van der Waals surface area contributed by atoms with Crippen LogP contribution in [0, 0.1) is 0 Å². The van der Waals surface area contributed by atoms with E-state index in [4.69, 9.17) is 0 Å². The predicted octanol–water partition coefficient (Wildman–Crippen LogP) is 3.04. The molecule has 1 unspecified atom stereocenters. The topological polar surface area (TPSA) is 62.3 Å². The molecule has 0 amide bonds.